The van der Waals surface area contributed by atoms with E-state index in [-0.39, 0.29) is 6.54 Å². The normalized spacial score (nSPS) is 11.8. The molecule has 102 valence electrons. The Balaban J connectivity index is 2.41. The summed E-state index contributed by atoms with van der Waals surface area (Å²) in [5, 5.41) is 5.90. The average Bonchev–Trinajstić information content (AvgIpc) is 2.32. The molecule has 1 rings (SSSR count). The van der Waals surface area contributed by atoms with Gasteiger partial charge < -0.3 is 10.6 Å². The minimum Gasteiger partial charge on any atom is -0.319 e. The zero-order valence-corrected chi connectivity index (χ0v) is 10.5. The lowest BCUT2D eigenvalue weighted by Crippen LogP contribution is -2.22. The second kappa shape index (κ2) is 7.38. The van der Waals surface area contributed by atoms with E-state index in [4.69, 9.17) is 0 Å². The van der Waals surface area contributed by atoms with E-state index in [1.54, 1.807) is 0 Å². The number of hydrogen-bond acceptors (Lipinski definition) is 2. The molecule has 0 fully saturated rings. The molecule has 0 saturated heterocycles. The van der Waals surface area contributed by atoms with Crippen LogP contribution in [0.5, 0.6) is 0 Å². The molecule has 0 heterocycles. The molecule has 0 aliphatic rings. The zero-order valence-electron chi connectivity index (χ0n) is 10.5. The number of alkyl halides is 3. The molecule has 0 unspecified atom stereocenters. The van der Waals surface area contributed by atoms with Crippen LogP contribution in [0.25, 0.3) is 0 Å². The van der Waals surface area contributed by atoms with Gasteiger partial charge in [-0.25, -0.2) is 0 Å². The molecule has 0 spiro atoms. The Morgan fingerprint density at radius 1 is 1.06 bits per heavy atom. The van der Waals surface area contributed by atoms with E-state index in [1.807, 2.05) is 31.3 Å². The largest absolute Gasteiger partial charge is 0.390 e. The van der Waals surface area contributed by atoms with Gasteiger partial charge in [0.15, 0.2) is 0 Å². The van der Waals surface area contributed by atoms with Crippen molar-refractivity contribution in [3.05, 3.63) is 35.4 Å². The van der Waals surface area contributed by atoms with Crippen molar-refractivity contribution in [2.45, 2.75) is 25.6 Å². The third-order valence-corrected chi connectivity index (χ3v) is 2.66. The van der Waals surface area contributed by atoms with E-state index in [9.17, 15) is 13.2 Å². The molecule has 2 N–H and O–H groups in total. The Hall–Kier alpha value is -1.07. The standard InChI is InChI=1S/C13H19F3N2/c1-17-8-6-11-4-2-3-5-12(11)10-18-9-7-13(14,15)16/h2-5,17-18H,6-10H2,1H3. The number of rotatable bonds is 7. The molecule has 2 nitrogen and oxygen atoms in total. The molecule has 1 aromatic carbocycles. The van der Waals surface area contributed by atoms with Crippen molar-refractivity contribution in [2.75, 3.05) is 20.1 Å². The van der Waals surface area contributed by atoms with Crippen LogP contribution in [-0.2, 0) is 13.0 Å². The zero-order chi connectivity index (χ0) is 13.4. The fourth-order valence-electron chi connectivity index (χ4n) is 1.69. The molecule has 0 aromatic heterocycles. The van der Waals surface area contributed by atoms with Crippen LogP contribution >= 0.6 is 0 Å². The van der Waals surface area contributed by atoms with Crippen LogP contribution < -0.4 is 10.6 Å². The monoisotopic (exact) mass is 260 g/mol. The summed E-state index contributed by atoms with van der Waals surface area (Å²) in [7, 11) is 1.88. The van der Waals surface area contributed by atoms with Crippen molar-refractivity contribution in [2.24, 2.45) is 0 Å². The summed E-state index contributed by atoms with van der Waals surface area (Å²) in [5.41, 5.74) is 2.24. The SMILES string of the molecule is CNCCc1ccccc1CNCCC(F)(F)F. The summed E-state index contributed by atoms with van der Waals surface area (Å²) in [5.74, 6) is 0. The summed E-state index contributed by atoms with van der Waals surface area (Å²) < 4.78 is 35.9. The van der Waals surface area contributed by atoms with Gasteiger partial charge in [0.2, 0.25) is 0 Å². The number of hydrogen-bond donors (Lipinski definition) is 2. The Kier molecular flexibility index (Phi) is 6.15. The highest BCUT2D eigenvalue weighted by Gasteiger charge is 2.25. The molecular weight excluding hydrogens is 241 g/mol. The van der Waals surface area contributed by atoms with Crippen LogP contribution in [-0.4, -0.2) is 26.3 Å². The molecule has 0 radical (unpaired) electrons. The molecule has 1 aromatic rings. The second-order valence-electron chi connectivity index (χ2n) is 4.16. The lowest BCUT2D eigenvalue weighted by Gasteiger charge is -2.11. The fraction of sp³-hybridized carbons (Fsp3) is 0.538. The third-order valence-electron chi connectivity index (χ3n) is 2.66. The summed E-state index contributed by atoms with van der Waals surface area (Å²) in [4.78, 5) is 0. The van der Waals surface area contributed by atoms with Gasteiger partial charge in [-0.2, -0.15) is 13.2 Å². The van der Waals surface area contributed by atoms with Crippen molar-refractivity contribution in [1.29, 1.82) is 0 Å². The van der Waals surface area contributed by atoms with Crippen molar-refractivity contribution in [1.82, 2.24) is 10.6 Å². The predicted molar refractivity (Wildman–Crippen MR) is 66.5 cm³/mol. The van der Waals surface area contributed by atoms with Gasteiger partial charge >= 0.3 is 6.18 Å². The van der Waals surface area contributed by atoms with Gasteiger partial charge in [-0.1, -0.05) is 24.3 Å². The van der Waals surface area contributed by atoms with Crippen molar-refractivity contribution in [3.8, 4) is 0 Å². The molecule has 0 amide bonds. The van der Waals surface area contributed by atoms with Crippen LogP contribution in [0.3, 0.4) is 0 Å². The van der Waals surface area contributed by atoms with E-state index < -0.39 is 12.6 Å². The van der Waals surface area contributed by atoms with Crippen LogP contribution in [0.4, 0.5) is 13.2 Å². The van der Waals surface area contributed by atoms with Gasteiger partial charge in [-0.3, -0.25) is 0 Å². The fourth-order valence-corrected chi connectivity index (χ4v) is 1.69. The first-order chi connectivity index (χ1) is 8.53. The smallest absolute Gasteiger partial charge is 0.319 e. The lowest BCUT2D eigenvalue weighted by molar-refractivity contribution is -0.133. The highest BCUT2D eigenvalue weighted by atomic mass is 19.4. The first-order valence-electron chi connectivity index (χ1n) is 6.02. The van der Waals surface area contributed by atoms with E-state index in [0.29, 0.717) is 6.54 Å². The highest BCUT2D eigenvalue weighted by molar-refractivity contribution is 5.27. The van der Waals surface area contributed by atoms with E-state index >= 15 is 0 Å². The van der Waals surface area contributed by atoms with Crippen molar-refractivity contribution < 1.29 is 13.2 Å². The number of likely N-dealkylation sites (N-methyl/N-ethyl adjacent to an activating group) is 1. The van der Waals surface area contributed by atoms with E-state index in [1.165, 1.54) is 5.56 Å². The van der Waals surface area contributed by atoms with Crippen LogP contribution in [0.2, 0.25) is 0 Å². The van der Waals surface area contributed by atoms with Crippen molar-refractivity contribution in [3.63, 3.8) is 0 Å². The first-order valence-corrected chi connectivity index (χ1v) is 6.02. The van der Waals surface area contributed by atoms with Gasteiger partial charge in [0.05, 0.1) is 6.42 Å². The average molecular weight is 260 g/mol. The lowest BCUT2D eigenvalue weighted by atomic mass is 10.0. The molecule has 18 heavy (non-hydrogen) atoms. The van der Waals surface area contributed by atoms with Gasteiger partial charge in [0.25, 0.3) is 0 Å². The van der Waals surface area contributed by atoms with E-state index in [0.717, 1.165) is 18.5 Å². The number of benzene rings is 1. The number of nitrogens with one attached hydrogen (secondary N) is 2. The molecule has 5 heteroatoms. The maximum Gasteiger partial charge on any atom is 0.390 e. The maximum atomic E-state index is 12.0. The summed E-state index contributed by atoms with van der Waals surface area (Å²) in [6.07, 6.45) is -3.99. The first kappa shape index (κ1) is 15.0. The van der Waals surface area contributed by atoms with Crippen molar-refractivity contribution >= 4 is 0 Å². The molecular formula is C13H19F3N2. The van der Waals surface area contributed by atoms with Gasteiger partial charge in [-0.05, 0) is 31.1 Å². The summed E-state index contributed by atoms with van der Waals surface area (Å²) >= 11 is 0. The van der Waals surface area contributed by atoms with E-state index in [2.05, 4.69) is 10.6 Å². The van der Waals surface area contributed by atoms with Gasteiger partial charge in [-0.15, -0.1) is 0 Å². The molecule has 0 aliphatic heterocycles. The second-order valence-corrected chi connectivity index (χ2v) is 4.16. The quantitative estimate of drug-likeness (QED) is 0.736. The molecule has 0 saturated carbocycles. The predicted octanol–water partition coefficient (Wildman–Crippen LogP) is 2.49. The Morgan fingerprint density at radius 2 is 1.72 bits per heavy atom. The Morgan fingerprint density at radius 3 is 2.33 bits per heavy atom. The molecule has 0 atom stereocenters. The van der Waals surface area contributed by atoms with Crippen LogP contribution in [0, 0.1) is 0 Å². The summed E-state index contributed by atoms with van der Waals surface area (Å²) in [6.45, 7) is 1.30. The molecule has 0 bridgehead atoms. The van der Waals surface area contributed by atoms with Gasteiger partial charge in [0.1, 0.15) is 0 Å². The van der Waals surface area contributed by atoms with Gasteiger partial charge in [0, 0.05) is 13.1 Å². The Labute approximate surface area is 106 Å². The van der Waals surface area contributed by atoms with Crippen LogP contribution in [0.1, 0.15) is 17.5 Å². The topological polar surface area (TPSA) is 24.1 Å². The van der Waals surface area contributed by atoms with Crippen LogP contribution in [0.15, 0.2) is 24.3 Å². The highest BCUT2D eigenvalue weighted by Crippen LogP contribution is 2.18. The minimum absolute atomic E-state index is 0.0378. The summed E-state index contributed by atoms with van der Waals surface area (Å²) in [6, 6.07) is 7.82. The number of halogens is 3. The molecule has 0 aliphatic carbocycles. The Bertz CT molecular complexity index is 350. The third kappa shape index (κ3) is 6.02. The minimum atomic E-state index is -4.08. The maximum absolute atomic E-state index is 12.0.